The molecule has 0 spiro atoms. The van der Waals surface area contributed by atoms with E-state index in [1.54, 1.807) is 23.9 Å². The van der Waals surface area contributed by atoms with Gasteiger partial charge in [-0.3, -0.25) is 9.59 Å². The first-order valence-corrected chi connectivity index (χ1v) is 7.57. The van der Waals surface area contributed by atoms with Crippen LogP contribution in [0.25, 0.3) is 0 Å². The fraction of sp³-hybridized carbons (Fsp3) is 0.643. The van der Waals surface area contributed by atoms with Crippen molar-refractivity contribution < 1.29 is 9.59 Å². The van der Waals surface area contributed by atoms with Crippen LogP contribution in [0.4, 0.5) is 0 Å². The third-order valence-corrected chi connectivity index (χ3v) is 4.91. The largest absolute Gasteiger partial charge is 0.347 e. The van der Waals surface area contributed by atoms with Gasteiger partial charge in [-0.25, -0.2) is 4.98 Å². The standard InChI is InChI=1S/C14H21N3O2S/c1-9-11(20-10(2)15-9)12(18)17-8-6-7-14(17,3)13(19)16(4)5/h6-8H2,1-5H3. The molecule has 0 N–H and O–H groups in total. The van der Waals surface area contributed by atoms with Crippen LogP contribution in [0, 0.1) is 13.8 Å². The van der Waals surface area contributed by atoms with Gasteiger partial charge < -0.3 is 9.80 Å². The number of likely N-dealkylation sites (N-methyl/N-ethyl adjacent to an activating group) is 1. The smallest absolute Gasteiger partial charge is 0.266 e. The Labute approximate surface area is 123 Å². The van der Waals surface area contributed by atoms with E-state index in [0.29, 0.717) is 17.8 Å². The van der Waals surface area contributed by atoms with Crippen molar-refractivity contribution in [3.8, 4) is 0 Å². The third kappa shape index (κ3) is 2.32. The van der Waals surface area contributed by atoms with Crippen molar-refractivity contribution in [3.05, 3.63) is 15.6 Å². The maximum Gasteiger partial charge on any atom is 0.266 e. The number of carbonyl (C=O) groups excluding carboxylic acids is 2. The minimum Gasteiger partial charge on any atom is -0.347 e. The van der Waals surface area contributed by atoms with E-state index >= 15 is 0 Å². The average molecular weight is 295 g/mol. The maximum absolute atomic E-state index is 12.7. The van der Waals surface area contributed by atoms with Crippen molar-refractivity contribution in [2.24, 2.45) is 0 Å². The lowest BCUT2D eigenvalue weighted by atomic mass is 9.97. The summed E-state index contributed by atoms with van der Waals surface area (Å²) in [5.74, 6) is -0.0782. The highest BCUT2D eigenvalue weighted by Gasteiger charge is 2.47. The molecule has 1 saturated heterocycles. The molecule has 2 amide bonds. The van der Waals surface area contributed by atoms with Gasteiger partial charge in [0.25, 0.3) is 5.91 Å². The molecule has 1 unspecified atom stereocenters. The van der Waals surface area contributed by atoms with Crippen LogP contribution >= 0.6 is 11.3 Å². The molecule has 1 aromatic rings. The molecule has 6 heteroatoms. The van der Waals surface area contributed by atoms with Gasteiger partial charge in [0.1, 0.15) is 10.4 Å². The second kappa shape index (κ2) is 5.16. The predicted molar refractivity (Wildman–Crippen MR) is 79.0 cm³/mol. The van der Waals surface area contributed by atoms with Crippen molar-refractivity contribution in [2.45, 2.75) is 39.2 Å². The number of hydrogen-bond donors (Lipinski definition) is 0. The maximum atomic E-state index is 12.7. The van der Waals surface area contributed by atoms with Crippen molar-refractivity contribution in [3.63, 3.8) is 0 Å². The van der Waals surface area contributed by atoms with Gasteiger partial charge in [-0.1, -0.05) is 0 Å². The Kier molecular flexibility index (Phi) is 3.86. The van der Waals surface area contributed by atoms with E-state index in [1.807, 2.05) is 20.8 Å². The van der Waals surface area contributed by atoms with Gasteiger partial charge in [-0.2, -0.15) is 0 Å². The number of thiazole rings is 1. The zero-order valence-electron chi connectivity index (χ0n) is 12.7. The molecular weight excluding hydrogens is 274 g/mol. The molecule has 5 nitrogen and oxygen atoms in total. The summed E-state index contributed by atoms with van der Waals surface area (Å²) in [6, 6.07) is 0. The Bertz CT molecular complexity index is 553. The summed E-state index contributed by atoms with van der Waals surface area (Å²) in [4.78, 5) is 33.4. The van der Waals surface area contributed by atoms with Gasteiger partial charge in [-0.05, 0) is 33.6 Å². The lowest BCUT2D eigenvalue weighted by Gasteiger charge is -2.35. The molecule has 1 aromatic heterocycles. The number of likely N-dealkylation sites (tertiary alicyclic amines) is 1. The second-order valence-corrected chi connectivity index (χ2v) is 6.88. The molecule has 0 bridgehead atoms. The van der Waals surface area contributed by atoms with Crippen LogP contribution in [0.1, 0.15) is 40.1 Å². The molecule has 0 aliphatic carbocycles. The normalized spacial score (nSPS) is 22.1. The Balaban J connectivity index is 2.34. The molecule has 2 rings (SSSR count). The highest BCUT2D eigenvalue weighted by molar-refractivity contribution is 7.13. The highest BCUT2D eigenvalue weighted by atomic mass is 32.1. The summed E-state index contributed by atoms with van der Waals surface area (Å²) in [6.45, 7) is 6.23. The fourth-order valence-corrected chi connectivity index (χ4v) is 3.71. The zero-order chi connectivity index (χ0) is 15.1. The van der Waals surface area contributed by atoms with Gasteiger partial charge in [0.2, 0.25) is 5.91 Å². The summed E-state index contributed by atoms with van der Waals surface area (Å²) in [7, 11) is 3.47. The molecule has 20 heavy (non-hydrogen) atoms. The summed E-state index contributed by atoms with van der Waals surface area (Å²) in [5, 5.41) is 0.880. The van der Waals surface area contributed by atoms with Crippen molar-refractivity contribution >= 4 is 23.2 Å². The second-order valence-electron chi connectivity index (χ2n) is 5.68. The summed E-state index contributed by atoms with van der Waals surface area (Å²) in [5.41, 5.74) is 0.0225. The Morgan fingerprint density at radius 3 is 2.50 bits per heavy atom. The van der Waals surface area contributed by atoms with Gasteiger partial charge in [-0.15, -0.1) is 11.3 Å². The van der Waals surface area contributed by atoms with Crippen LogP contribution in [0.2, 0.25) is 0 Å². The first-order valence-electron chi connectivity index (χ1n) is 6.75. The van der Waals surface area contributed by atoms with Gasteiger partial charge >= 0.3 is 0 Å². The van der Waals surface area contributed by atoms with Gasteiger partial charge in [0.15, 0.2) is 0 Å². The molecule has 1 aliphatic heterocycles. The Morgan fingerprint density at radius 1 is 1.35 bits per heavy atom. The van der Waals surface area contributed by atoms with E-state index in [1.165, 1.54) is 11.3 Å². The SMILES string of the molecule is Cc1nc(C)c(C(=O)N2CCCC2(C)C(=O)N(C)C)s1. The number of nitrogens with zero attached hydrogens (tertiary/aromatic N) is 3. The van der Waals surface area contributed by atoms with E-state index in [-0.39, 0.29) is 11.8 Å². The Morgan fingerprint density at radius 2 is 2.00 bits per heavy atom. The monoisotopic (exact) mass is 295 g/mol. The van der Waals surface area contributed by atoms with E-state index in [0.717, 1.165) is 17.1 Å². The van der Waals surface area contributed by atoms with Crippen LogP contribution in [0.15, 0.2) is 0 Å². The number of aryl methyl sites for hydroxylation is 2. The van der Waals surface area contributed by atoms with Crippen molar-refractivity contribution in [1.29, 1.82) is 0 Å². The number of carbonyl (C=O) groups is 2. The van der Waals surface area contributed by atoms with Gasteiger partial charge in [0.05, 0.1) is 10.7 Å². The van der Waals surface area contributed by atoms with E-state index in [2.05, 4.69) is 4.98 Å². The fourth-order valence-electron chi connectivity index (χ4n) is 2.85. The lowest BCUT2D eigenvalue weighted by Crippen LogP contribution is -2.55. The topological polar surface area (TPSA) is 53.5 Å². The van der Waals surface area contributed by atoms with Crippen molar-refractivity contribution in [2.75, 3.05) is 20.6 Å². The molecular formula is C14H21N3O2S. The number of amides is 2. The van der Waals surface area contributed by atoms with E-state index in [9.17, 15) is 9.59 Å². The lowest BCUT2D eigenvalue weighted by molar-refractivity contribution is -0.138. The molecule has 0 radical (unpaired) electrons. The quantitative estimate of drug-likeness (QED) is 0.836. The first-order chi connectivity index (χ1) is 9.27. The van der Waals surface area contributed by atoms with Crippen LogP contribution < -0.4 is 0 Å². The van der Waals surface area contributed by atoms with E-state index in [4.69, 9.17) is 0 Å². The van der Waals surface area contributed by atoms with Crippen LogP contribution in [0.5, 0.6) is 0 Å². The van der Waals surface area contributed by atoms with Gasteiger partial charge in [0, 0.05) is 20.6 Å². The predicted octanol–water partition coefficient (Wildman–Crippen LogP) is 1.84. The highest BCUT2D eigenvalue weighted by Crippen LogP contribution is 2.33. The van der Waals surface area contributed by atoms with E-state index < -0.39 is 5.54 Å². The molecule has 1 atom stereocenters. The molecule has 1 fully saturated rings. The average Bonchev–Trinajstić information content (AvgIpc) is 2.91. The summed E-state index contributed by atoms with van der Waals surface area (Å²) >= 11 is 1.40. The van der Waals surface area contributed by atoms with Crippen molar-refractivity contribution in [1.82, 2.24) is 14.8 Å². The molecule has 110 valence electrons. The van der Waals surface area contributed by atoms with Crippen LogP contribution in [0.3, 0.4) is 0 Å². The number of aromatic nitrogens is 1. The number of rotatable bonds is 2. The molecule has 2 heterocycles. The molecule has 1 aliphatic rings. The zero-order valence-corrected chi connectivity index (χ0v) is 13.5. The minimum atomic E-state index is -0.731. The summed E-state index contributed by atoms with van der Waals surface area (Å²) in [6.07, 6.45) is 1.57. The third-order valence-electron chi connectivity index (χ3n) is 3.85. The van der Waals surface area contributed by atoms with Crippen LogP contribution in [-0.4, -0.2) is 52.8 Å². The molecule has 0 aromatic carbocycles. The number of hydrogen-bond acceptors (Lipinski definition) is 4. The Hall–Kier alpha value is -1.43. The summed E-state index contributed by atoms with van der Waals surface area (Å²) < 4.78 is 0. The van der Waals surface area contributed by atoms with Crippen LogP contribution in [-0.2, 0) is 4.79 Å². The minimum absolute atomic E-state index is 0.0118. The molecule has 0 saturated carbocycles. The first kappa shape index (κ1) is 15.0.